The van der Waals surface area contributed by atoms with Crippen molar-refractivity contribution < 1.29 is 24.6 Å². The summed E-state index contributed by atoms with van der Waals surface area (Å²) in [5.74, 6) is -1.86. The van der Waals surface area contributed by atoms with Crippen LogP contribution in [0.1, 0.15) is 29.6 Å². The summed E-state index contributed by atoms with van der Waals surface area (Å²) in [4.78, 5) is 34.5. The molecule has 2 rings (SSSR count). The molecule has 104 valence electrons. The van der Waals surface area contributed by atoms with Crippen LogP contribution in [0.25, 0.3) is 0 Å². The molecule has 0 bridgehead atoms. The van der Waals surface area contributed by atoms with Crippen molar-refractivity contribution in [3.8, 4) is 5.75 Å². The first kappa shape index (κ1) is 13.8. The highest BCUT2D eigenvalue weighted by Crippen LogP contribution is 2.21. The van der Waals surface area contributed by atoms with Crippen molar-refractivity contribution in [2.24, 2.45) is 0 Å². The average Bonchev–Trinajstić information content (AvgIpc) is 2.38. The zero-order valence-corrected chi connectivity index (χ0v) is 10.5. The Bertz CT molecular complexity index is 618. The largest absolute Gasteiger partial charge is 0.508 e. The molecule has 0 fully saturated rings. The number of hydrogen-bond donors (Lipinski definition) is 3. The molecular formula is C14H13NO5. The fourth-order valence-corrected chi connectivity index (χ4v) is 2.02. The molecular weight excluding hydrogens is 262 g/mol. The highest BCUT2D eigenvalue weighted by atomic mass is 16.4. The normalized spacial score (nSPS) is 15.1. The van der Waals surface area contributed by atoms with Crippen LogP contribution in [-0.4, -0.2) is 27.9 Å². The second-order valence-electron chi connectivity index (χ2n) is 4.48. The Kier molecular flexibility index (Phi) is 3.84. The fraction of sp³-hybridized carbons (Fsp3) is 0.214. The number of nitrogens with one attached hydrogen (secondary N) is 1. The number of amides is 1. The minimum Gasteiger partial charge on any atom is -0.508 e. The Balaban J connectivity index is 2.24. The third kappa shape index (κ3) is 3.03. The van der Waals surface area contributed by atoms with E-state index in [1.54, 1.807) is 0 Å². The molecule has 0 unspecified atom stereocenters. The topological polar surface area (TPSA) is 104 Å². The highest BCUT2D eigenvalue weighted by molar-refractivity contribution is 5.99. The van der Waals surface area contributed by atoms with Crippen LogP contribution in [-0.2, 0) is 9.59 Å². The van der Waals surface area contributed by atoms with Crippen molar-refractivity contribution in [2.75, 3.05) is 0 Å². The number of carbonyl (C=O) groups excluding carboxylic acids is 2. The number of phenolic OH excluding ortho intramolecular Hbond substituents is 1. The van der Waals surface area contributed by atoms with E-state index in [9.17, 15) is 19.5 Å². The van der Waals surface area contributed by atoms with Crippen molar-refractivity contribution in [2.45, 2.75) is 19.3 Å². The molecule has 1 aromatic rings. The number of carboxylic acids is 1. The quantitative estimate of drug-likeness (QED) is 0.769. The van der Waals surface area contributed by atoms with Gasteiger partial charge >= 0.3 is 5.97 Å². The maximum absolute atomic E-state index is 12.0. The number of allylic oxidation sites excluding steroid dienone is 1. The molecule has 1 aliphatic rings. The summed E-state index contributed by atoms with van der Waals surface area (Å²) >= 11 is 0. The maximum Gasteiger partial charge on any atom is 0.333 e. The van der Waals surface area contributed by atoms with Crippen LogP contribution in [0.15, 0.2) is 35.5 Å². The monoisotopic (exact) mass is 275 g/mol. The first-order chi connectivity index (χ1) is 9.47. The number of aliphatic carboxylic acids is 1. The fourth-order valence-electron chi connectivity index (χ4n) is 2.02. The van der Waals surface area contributed by atoms with E-state index in [0.29, 0.717) is 0 Å². The third-order valence-electron chi connectivity index (χ3n) is 3.02. The Morgan fingerprint density at radius 3 is 2.60 bits per heavy atom. The predicted molar refractivity (Wildman–Crippen MR) is 69.1 cm³/mol. The number of Topliss-reactive ketones (excluding diaryl/α,β-unsaturated/α-hetero) is 1. The van der Waals surface area contributed by atoms with Crippen molar-refractivity contribution in [3.63, 3.8) is 0 Å². The Hall–Kier alpha value is -2.63. The summed E-state index contributed by atoms with van der Waals surface area (Å²) in [6.07, 6.45) is 0.198. The number of rotatable bonds is 3. The summed E-state index contributed by atoms with van der Waals surface area (Å²) < 4.78 is 0. The molecule has 3 N–H and O–H groups in total. The lowest BCUT2D eigenvalue weighted by molar-refractivity contribution is -0.133. The molecule has 0 aromatic heterocycles. The highest BCUT2D eigenvalue weighted by Gasteiger charge is 2.24. The minimum atomic E-state index is -1.14. The van der Waals surface area contributed by atoms with Crippen molar-refractivity contribution >= 4 is 17.7 Å². The second kappa shape index (κ2) is 5.56. The van der Waals surface area contributed by atoms with Crippen LogP contribution in [0.4, 0.5) is 0 Å². The zero-order chi connectivity index (χ0) is 14.7. The van der Waals surface area contributed by atoms with Gasteiger partial charge in [-0.2, -0.15) is 0 Å². The molecule has 1 amide bonds. The number of hydrogen-bond acceptors (Lipinski definition) is 4. The zero-order valence-electron chi connectivity index (χ0n) is 10.5. The van der Waals surface area contributed by atoms with Gasteiger partial charge in [-0.15, -0.1) is 0 Å². The van der Waals surface area contributed by atoms with Gasteiger partial charge in [-0.05, 0) is 24.6 Å². The van der Waals surface area contributed by atoms with E-state index in [2.05, 4.69) is 5.32 Å². The summed E-state index contributed by atoms with van der Waals surface area (Å²) in [5, 5.41) is 20.8. The number of phenols is 1. The van der Waals surface area contributed by atoms with Gasteiger partial charge in [0.2, 0.25) is 0 Å². The summed E-state index contributed by atoms with van der Waals surface area (Å²) in [5.41, 5.74) is 0.375. The van der Waals surface area contributed by atoms with Crippen LogP contribution in [0.3, 0.4) is 0 Å². The molecule has 1 aromatic carbocycles. The minimum absolute atomic E-state index is 0.0538. The second-order valence-corrected chi connectivity index (χ2v) is 4.48. The van der Waals surface area contributed by atoms with Crippen LogP contribution < -0.4 is 5.32 Å². The van der Waals surface area contributed by atoms with Gasteiger partial charge in [0.15, 0.2) is 0 Å². The van der Waals surface area contributed by atoms with E-state index in [0.717, 1.165) is 0 Å². The van der Waals surface area contributed by atoms with E-state index in [1.807, 2.05) is 0 Å². The SMILES string of the molecule is O=C1CCC(C(=O)O)=C(NC(=O)c2cccc(O)c2)C1. The number of ketones is 1. The molecule has 0 saturated carbocycles. The van der Waals surface area contributed by atoms with Crippen molar-refractivity contribution in [1.29, 1.82) is 0 Å². The summed E-state index contributed by atoms with van der Waals surface area (Å²) in [7, 11) is 0. The molecule has 0 aliphatic heterocycles. The third-order valence-corrected chi connectivity index (χ3v) is 3.02. The first-order valence-corrected chi connectivity index (χ1v) is 6.05. The summed E-state index contributed by atoms with van der Waals surface area (Å²) in [6, 6.07) is 5.67. The van der Waals surface area contributed by atoms with Crippen LogP contribution >= 0.6 is 0 Å². The van der Waals surface area contributed by atoms with E-state index in [4.69, 9.17) is 5.11 Å². The number of carbonyl (C=O) groups is 3. The average molecular weight is 275 g/mol. The van der Waals surface area contributed by atoms with Gasteiger partial charge in [0, 0.05) is 24.1 Å². The Morgan fingerprint density at radius 2 is 1.95 bits per heavy atom. The molecule has 20 heavy (non-hydrogen) atoms. The Morgan fingerprint density at radius 1 is 1.20 bits per heavy atom. The van der Waals surface area contributed by atoms with Crippen LogP contribution in [0.2, 0.25) is 0 Å². The van der Waals surface area contributed by atoms with Gasteiger partial charge in [0.05, 0.1) is 5.57 Å². The summed E-state index contributed by atoms with van der Waals surface area (Å²) in [6.45, 7) is 0. The van der Waals surface area contributed by atoms with Gasteiger partial charge in [-0.25, -0.2) is 4.79 Å². The molecule has 0 atom stereocenters. The molecule has 0 saturated heterocycles. The van der Waals surface area contributed by atoms with Crippen molar-refractivity contribution in [1.82, 2.24) is 5.32 Å². The van der Waals surface area contributed by atoms with Gasteiger partial charge in [-0.1, -0.05) is 6.07 Å². The number of carboxylic acid groups (broad SMARTS) is 1. The first-order valence-electron chi connectivity index (χ1n) is 6.05. The molecule has 6 heteroatoms. The molecule has 0 heterocycles. The van der Waals surface area contributed by atoms with Gasteiger partial charge in [0.25, 0.3) is 5.91 Å². The Labute approximate surface area is 114 Å². The van der Waals surface area contributed by atoms with E-state index >= 15 is 0 Å². The van der Waals surface area contributed by atoms with Gasteiger partial charge in [-0.3, -0.25) is 9.59 Å². The van der Waals surface area contributed by atoms with E-state index in [1.165, 1.54) is 24.3 Å². The smallest absolute Gasteiger partial charge is 0.333 e. The molecule has 6 nitrogen and oxygen atoms in total. The molecule has 1 aliphatic carbocycles. The molecule has 0 spiro atoms. The van der Waals surface area contributed by atoms with Crippen LogP contribution in [0, 0.1) is 0 Å². The number of aromatic hydroxyl groups is 1. The lowest BCUT2D eigenvalue weighted by Gasteiger charge is -2.17. The van der Waals surface area contributed by atoms with Gasteiger partial charge in [0.1, 0.15) is 11.5 Å². The number of benzene rings is 1. The molecule has 0 radical (unpaired) electrons. The maximum atomic E-state index is 12.0. The van der Waals surface area contributed by atoms with Crippen molar-refractivity contribution in [3.05, 3.63) is 41.1 Å². The van der Waals surface area contributed by atoms with Gasteiger partial charge < -0.3 is 15.5 Å². The lowest BCUT2D eigenvalue weighted by Crippen LogP contribution is -2.29. The lowest BCUT2D eigenvalue weighted by atomic mass is 9.95. The van der Waals surface area contributed by atoms with E-state index in [-0.39, 0.29) is 47.6 Å². The predicted octanol–water partition coefficient (Wildman–Crippen LogP) is 1.21. The van der Waals surface area contributed by atoms with E-state index < -0.39 is 11.9 Å². The standard InChI is InChI=1S/C14H13NO5/c16-9-3-1-2-8(6-9)13(18)15-12-7-10(17)4-5-11(12)14(19)20/h1-3,6,16H,4-5,7H2,(H,15,18)(H,19,20). The van der Waals surface area contributed by atoms with Crippen LogP contribution in [0.5, 0.6) is 5.75 Å².